The smallest absolute Gasteiger partial charge is 0.317 e. The number of phenols is 4. The highest BCUT2D eigenvalue weighted by atomic mass is 16.6. The second kappa shape index (κ2) is 10.8. The van der Waals surface area contributed by atoms with Crippen molar-refractivity contribution in [3.63, 3.8) is 0 Å². The van der Waals surface area contributed by atoms with Crippen LogP contribution in [0.15, 0.2) is 39.5 Å². The first kappa shape index (κ1) is 27.7. The molecule has 0 saturated carbocycles. The molecule has 0 bridgehead atoms. The number of esters is 1. The molecule has 208 valence electrons. The number of hydrogen-bond donors (Lipinski definition) is 8. The normalized spacial score (nSPS) is 23.0. The number of rotatable bonds is 7. The van der Waals surface area contributed by atoms with E-state index in [2.05, 4.69) is 0 Å². The number of aliphatic hydroxyl groups excluding tert-OH is 3. The topological polar surface area (TPSA) is 245 Å². The zero-order chi connectivity index (χ0) is 28.6. The summed E-state index contributed by atoms with van der Waals surface area (Å²) in [6.45, 7) is -0.682. The number of benzene rings is 2. The average molecular weight is 548 g/mol. The van der Waals surface area contributed by atoms with Gasteiger partial charge in [0, 0.05) is 29.7 Å². The molecular weight excluding hydrogens is 524 g/mol. The highest BCUT2D eigenvalue weighted by molar-refractivity contribution is 5.90. The van der Waals surface area contributed by atoms with Crippen LogP contribution in [0.5, 0.6) is 23.0 Å². The standard InChI is InChI=1S/C25H24O14/c26-10-4-14(29)20-15(5-10)39-25(9-1-2-12(27)13(28)3-9)11(21(20)33)6-16-22(34)24(36)23(35)17(38-16)8-37-19(32)7-18(30)31/h1-5,16-17,22-24,26-29,34-36H,6-8H2,(H,30,31)/t16-,17+,22-,23+,24+/m0/s1. The first-order valence-electron chi connectivity index (χ1n) is 11.5. The number of fused-ring (bicyclic) bond motifs is 1. The van der Waals surface area contributed by atoms with Crippen LogP contribution in [0.2, 0.25) is 0 Å². The Balaban J connectivity index is 1.76. The fraction of sp³-hybridized carbons (Fsp3) is 0.320. The zero-order valence-electron chi connectivity index (χ0n) is 19.9. The van der Waals surface area contributed by atoms with Crippen molar-refractivity contribution in [2.75, 3.05) is 6.61 Å². The minimum Gasteiger partial charge on any atom is -0.508 e. The van der Waals surface area contributed by atoms with Gasteiger partial charge in [-0.25, -0.2) is 0 Å². The number of carbonyl (C=O) groups excluding carboxylic acids is 1. The number of aromatic hydroxyl groups is 4. The summed E-state index contributed by atoms with van der Waals surface area (Å²) >= 11 is 0. The van der Waals surface area contributed by atoms with Crippen LogP contribution in [0.25, 0.3) is 22.3 Å². The minimum atomic E-state index is -1.83. The van der Waals surface area contributed by atoms with Gasteiger partial charge in [0.25, 0.3) is 0 Å². The molecule has 1 aliphatic rings. The summed E-state index contributed by atoms with van der Waals surface area (Å²) in [4.78, 5) is 35.8. The van der Waals surface area contributed by atoms with E-state index in [1.54, 1.807) is 0 Å². The van der Waals surface area contributed by atoms with Gasteiger partial charge < -0.3 is 54.7 Å². The van der Waals surface area contributed by atoms with Crippen molar-refractivity contribution in [3.05, 3.63) is 46.1 Å². The maximum absolute atomic E-state index is 13.5. The number of carboxylic acid groups (broad SMARTS) is 1. The van der Waals surface area contributed by atoms with Gasteiger partial charge >= 0.3 is 11.9 Å². The molecule has 39 heavy (non-hydrogen) atoms. The molecule has 5 atom stereocenters. The molecule has 1 fully saturated rings. The quantitative estimate of drug-likeness (QED) is 0.107. The first-order chi connectivity index (χ1) is 18.4. The number of ether oxygens (including phenoxy) is 2. The van der Waals surface area contributed by atoms with Crippen LogP contribution >= 0.6 is 0 Å². The molecule has 1 aliphatic heterocycles. The van der Waals surface area contributed by atoms with Gasteiger partial charge in [-0.3, -0.25) is 14.4 Å². The Kier molecular flexibility index (Phi) is 7.65. The van der Waals surface area contributed by atoms with Gasteiger partial charge in [-0.05, 0) is 18.2 Å². The van der Waals surface area contributed by atoms with Gasteiger partial charge in [0.2, 0.25) is 0 Å². The van der Waals surface area contributed by atoms with E-state index in [1.807, 2.05) is 0 Å². The SMILES string of the molecule is O=C(O)CC(=O)OC[C@H]1O[C@@H](Cc2c(-c3ccc(O)c(O)c3)oc3cc(O)cc(O)c3c2=O)[C@H](O)[C@@H](O)[C@@H]1O. The van der Waals surface area contributed by atoms with Gasteiger partial charge in [-0.1, -0.05) is 0 Å². The largest absolute Gasteiger partial charge is 0.508 e. The van der Waals surface area contributed by atoms with Crippen LogP contribution in [0.4, 0.5) is 0 Å². The zero-order valence-corrected chi connectivity index (χ0v) is 19.9. The number of hydrogen-bond acceptors (Lipinski definition) is 13. The van der Waals surface area contributed by atoms with Crippen LogP contribution in [0.3, 0.4) is 0 Å². The Morgan fingerprint density at radius 3 is 2.23 bits per heavy atom. The van der Waals surface area contributed by atoms with Gasteiger partial charge in [-0.15, -0.1) is 0 Å². The molecule has 0 unspecified atom stereocenters. The number of carboxylic acids is 1. The van der Waals surface area contributed by atoms with Crippen molar-refractivity contribution in [1.29, 1.82) is 0 Å². The van der Waals surface area contributed by atoms with E-state index in [0.717, 1.165) is 24.3 Å². The summed E-state index contributed by atoms with van der Waals surface area (Å²) in [5.41, 5.74) is -1.19. The molecule has 2 aromatic carbocycles. The second-order valence-electron chi connectivity index (χ2n) is 8.92. The third-order valence-corrected chi connectivity index (χ3v) is 6.21. The van der Waals surface area contributed by atoms with E-state index in [1.165, 1.54) is 6.07 Å². The van der Waals surface area contributed by atoms with Gasteiger partial charge in [0.15, 0.2) is 16.9 Å². The van der Waals surface area contributed by atoms with Crippen molar-refractivity contribution in [2.24, 2.45) is 0 Å². The van der Waals surface area contributed by atoms with E-state index in [0.29, 0.717) is 0 Å². The fourth-order valence-electron chi connectivity index (χ4n) is 4.29. The van der Waals surface area contributed by atoms with Crippen molar-refractivity contribution in [2.45, 2.75) is 43.4 Å². The summed E-state index contributed by atoms with van der Waals surface area (Å²) in [7, 11) is 0. The lowest BCUT2D eigenvalue weighted by molar-refractivity contribution is -0.231. The Hall–Kier alpha value is -4.37. The third-order valence-electron chi connectivity index (χ3n) is 6.21. The summed E-state index contributed by atoms with van der Waals surface area (Å²) < 4.78 is 16.2. The second-order valence-corrected chi connectivity index (χ2v) is 8.92. The van der Waals surface area contributed by atoms with Gasteiger partial charge in [0.1, 0.15) is 65.7 Å². The molecule has 1 saturated heterocycles. The van der Waals surface area contributed by atoms with E-state index in [4.69, 9.17) is 19.0 Å². The lowest BCUT2D eigenvalue weighted by atomic mass is 9.90. The molecule has 4 rings (SSSR count). The maximum Gasteiger partial charge on any atom is 0.317 e. The van der Waals surface area contributed by atoms with Crippen molar-refractivity contribution in [3.8, 4) is 34.3 Å². The third kappa shape index (κ3) is 5.58. The molecule has 2 heterocycles. The highest BCUT2D eigenvalue weighted by Crippen LogP contribution is 2.37. The van der Waals surface area contributed by atoms with Crippen LogP contribution in [-0.2, 0) is 25.5 Å². The van der Waals surface area contributed by atoms with Crippen LogP contribution in [-0.4, -0.2) is 89.9 Å². The lowest BCUT2D eigenvalue weighted by Gasteiger charge is -2.40. The van der Waals surface area contributed by atoms with Gasteiger partial charge in [-0.2, -0.15) is 0 Å². The summed E-state index contributed by atoms with van der Waals surface area (Å²) in [6.07, 6.45) is -9.65. The summed E-state index contributed by atoms with van der Waals surface area (Å²) in [5.74, 6) is -4.86. The van der Waals surface area contributed by atoms with E-state index in [9.17, 15) is 50.1 Å². The highest BCUT2D eigenvalue weighted by Gasteiger charge is 2.44. The van der Waals surface area contributed by atoms with E-state index >= 15 is 0 Å². The molecule has 1 aromatic heterocycles. The van der Waals surface area contributed by atoms with Gasteiger partial charge in [0.05, 0.1) is 6.10 Å². The fourth-order valence-corrected chi connectivity index (χ4v) is 4.29. The van der Waals surface area contributed by atoms with Crippen molar-refractivity contribution in [1.82, 2.24) is 0 Å². The Labute approximate surface area is 218 Å². The molecular formula is C25H24O14. The van der Waals surface area contributed by atoms with Crippen LogP contribution < -0.4 is 5.43 Å². The number of carbonyl (C=O) groups is 2. The predicted molar refractivity (Wildman–Crippen MR) is 128 cm³/mol. The van der Waals surface area contributed by atoms with E-state index in [-0.39, 0.29) is 27.9 Å². The monoisotopic (exact) mass is 548 g/mol. The maximum atomic E-state index is 13.5. The molecule has 8 N–H and O–H groups in total. The Bertz CT molecular complexity index is 1480. The number of aliphatic carboxylic acids is 1. The average Bonchev–Trinajstić information content (AvgIpc) is 2.85. The molecule has 0 spiro atoms. The molecule has 14 heteroatoms. The Morgan fingerprint density at radius 2 is 1.56 bits per heavy atom. The number of aliphatic hydroxyl groups is 3. The van der Waals surface area contributed by atoms with Crippen LogP contribution in [0.1, 0.15) is 12.0 Å². The van der Waals surface area contributed by atoms with Crippen LogP contribution in [0, 0.1) is 0 Å². The summed E-state index contributed by atoms with van der Waals surface area (Å²) in [5, 5.41) is 79.5. The first-order valence-corrected chi connectivity index (χ1v) is 11.5. The number of phenolic OH excluding ortho intramolecular Hbond substituents is 4. The molecule has 0 radical (unpaired) electrons. The van der Waals surface area contributed by atoms with Crippen molar-refractivity contribution >= 4 is 22.9 Å². The predicted octanol–water partition coefficient (Wildman–Crippen LogP) is -0.307. The summed E-state index contributed by atoms with van der Waals surface area (Å²) in [6, 6.07) is 5.46. The molecule has 0 amide bonds. The minimum absolute atomic E-state index is 0.0761. The van der Waals surface area contributed by atoms with Crippen molar-refractivity contribution < 1.29 is 64.3 Å². The molecule has 3 aromatic rings. The lowest BCUT2D eigenvalue weighted by Crippen LogP contribution is -2.59. The molecule has 14 nitrogen and oxygen atoms in total. The molecule has 0 aliphatic carbocycles. The van der Waals surface area contributed by atoms with E-state index < -0.39 is 90.3 Å². The Morgan fingerprint density at radius 1 is 0.872 bits per heavy atom.